The molecule has 0 aliphatic carbocycles. The Morgan fingerprint density at radius 1 is 1.27 bits per heavy atom. The minimum atomic E-state index is -3.05. The van der Waals surface area contributed by atoms with Crippen molar-refractivity contribution < 1.29 is 23.1 Å². The summed E-state index contributed by atoms with van der Waals surface area (Å²) in [6.45, 7) is 4.32. The van der Waals surface area contributed by atoms with Gasteiger partial charge in [0.25, 0.3) is 0 Å². The number of amides is 1. The van der Waals surface area contributed by atoms with E-state index in [0.29, 0.717) is 45.7 Å². The second-order valence-corrected chi connectivity index (χ2v) is 8.95. The topological polar surface area (TPSA) is 87.2 Å². The summed E-state index contributed by atoms with van der Waals surface area (Å²) in [7, 11) is -3.05. The molecule has 0 saturated carbocycles. The molecule has 8 heteroatoms. The van der Waals surface area contributed by atoms with E-state index in [-0.39, 0.29) is 17.4 Å². The maximum absolute atomic E-state index is 12.4. The summed E-state index contributed by atoms with van der Waals surface area (Å²) in [6, 6.07) is 0. The van der Waals surface area contributed by atoms with E-state index in [9.17, 15) is 18.3 Å². The molecule has 0 aromatic rings. The molecule has 126 valence electrons. The smallest absolute Gasteiger partial charge is 0.226 e. The van der Waals surface area contributed by atoms with E-state index >= 15 is 0 Å². The van der Waals surface area contributed by atoms with Crippen LogP contribution in [0.1, 0.15) is 12.8 Å². The number of rotatable bonds is 3. The number of nitrogens with zero attached hydrogens (tertiary/aromatic N) is 2. The number of hydrogen-bond acceptors (Lipinski definition) is 6. The Bertz CT molecular complexity index is 531. The molecule has 3 fully saturated rings. The molecule has 2 atom stereocenters. The fourth-order valence-corrected chi connectivity index (χ4v) is 5.33. The third-order valence-corrected chi connectivity index (χ3v) is 6.62. The largest absolute Gasteiger partial charge is 0.387 e. The molecule has 0 aromatic carbocycles. The predicted octanol–water partition coefficient (Wildman–Crippen LogP) is -1.28. The summed E-state index contributed by atoms with van der Waals surface area (Å²) in [5.41, 5.74) is -0.884. The minimum Gasteiger partial charge on any atom is -0.387 e. The van der Waals surface area contributed by atoms with Crippen LogP contribution in [-0.4, -0.2) is 92.3 Å². The van der Waals surface area contributed by atoms with E-state index in [0.717, 1.165) is 13.1 Å². The third-order valence-electron chi connectivity index (χ3n) is 4.85. The highest BCUT2D eigenvalue weighted by Crippen LogP contribution is 2.27. The normalized spacial score (nSPS) is 35.9. The second-order valence-electron chi connectivity index (χ2n) is 6.72. The Balaban J connectivity index is 1.55. The lowest BCUT2D eigenvalue weighted by Gasteiger charge is -2.33. The van der Waals surface area contributed by atoms with Crippen molar-refractivity contribution in [3.8, 4) is 0 Å². The van der Waals surface area contributed by atoms with Gasteiger partial charge in [0.1, 0.15) is 0 Å². The SMILES string of the molecule is O=C([C@@H]1CCS(=O)(=O)C1)N1CC[C@@](O)(CN2CCOCC2)C1. The van der Waals surface area contributed by atoms with Crippen LogP contribution in [0.2, 0.25) is 0 Å². The number of morpholine rings is 1. The average Bonchev–Trinajstić information content (AvgIpc) is 3.02. The monoisotopic (exact) mass is 332 g/mol. The zero-order valence-corrected chi connectivity index (χ0v) is 13.6. The standard InChI is InChI=1S/C14H24N2O5S/c17-13(12-1-8-22(19,20)9-12)16-3-2-14(18,11-16)10-15-4-6-21-7-5-15/h12,18H,1-11H2/t12-,14-/m1/s1. The van der Waals surface area contributed by atoms with Crippen LogP contribution in [0, 0.1) is 5.92 Å². The minimum absolute atomic E-state index is 0.0375. The fraction of sp³-hybridized carbons (Fsp3) is 0.929. The maximum atomic E-state index is 12.4. The lowest BCUT2D eigenvalue weighted by molar-refractivity contribution is -0.134. The van der Waals surface area contributed by atoms with Gasteiger partial charge < -0.3 is 14.7 Å². The summed E-state index contributed by atoms with van der Waals surface area (Å²) < 4.78 is 28.3. The van der Waals surface area contributed by atoms with Crippen molar-refractivity contribution in [1.82, 2.24) is 9.80 Å². The highest BCUT2D eigenvalue weighted by atomic mass is 32.2. The number of aliphatic hydroxyl groups is 1. The number of sulfone groups is 1. The Morgan fingerprint density at radius 3 is 2.64 bits per heavy atom. The molecule has 3 aliphatic heterocycles. The quantitative estimate of drug-likeness (QED) is 0.692. The summed E-state index contributed by atoms with van der Waals surface area (Å²) >= 11 is 0. The third kappa shape index (κ3) is 3.61. The van der Waals surface area contributed by atoms with Crippen LogP contribution in [0.5, 0.6) is 0 Å². The van der Waals surface area contributed by atoms with Gasteiger partial charge in [0.15, 0.2) is 9.84 Å². The first-order chi connectivity index (χ1) is 10.4. The van der Waals surface area contributed by atoms with E-state index < -0.39 is 21.4 Å². The zero-order valence-electron chi connectivity index (χ0n) is 12.7. The van der Waals surface area contributed by atoms with Crippen molar-refractivity contribution in [2.45, 2.75) is 18.4 Å². The number of likely N-dealkylation sites (tertiary alicyclic amines) is 1. The number of hydrogen-bond donors (Lipinski definition) is 1. The van der Waals surface area contributed by atoms with Gasteiger partial charge in [0.05, 0.1) is 42.8 Å². The molecular formula is C14H24N2O5S. The zero-order chi connectivity index (χ0) is 15.8. The van der Waals surface area contributed by atoms with Gasteiger partial charge in [-0.25, -0.2) is 8.42 Å². The van der Waals surface area contributed by atoms with Crippen LogP contribution >= 0.6 is 0 Å². The average molecular weight is 332 g/mol. The molecule has 3 saturated heterocycles. The molecule has 7 nitrogen and oxygen atoms in total. The van der Waals surface area contributed by atoms with Gasteiger partial charge in [-0.2, -0.15) is 0 Å². The Morgan fingerprint density at radius 2 is 2.00 bits per heavy atom. The van der Waals surface area contributed by atoms with Crippen molar-refractivity contribution in [2.75, 3.05) is 57.4 Å². The highest BCUT2D eigenvalue weighted by Gasteiger charge is 2.43. The Labute approximate surface area is 131 Å². The number of ether oxygens (including phenoxy) is 1. The van der Waals surface area contributed by atoms with E-state index in [1.807, 2.05) is 0 Å². The van der Waals surface area contributed by atoms with E-state index in [4.69, 9.17) is 4.74 Å². The van der Waals surface area contributed by atoms with Crippen LogP contribution < -0.4 is 0 Å². The summed E-state index contributed by atoms with van der Waals surface area (Å²) in [4.78, 5) is 16.2. The molecule has 0 aromatic heterocycles. The van der Waals surface area contributed by atoms with Crippen molar-refractivity contribution in [3.63, 3.8) is 0 Å². The molecule has 0 bridgehead atoms. The number of carbonyl (C=O) groups is 1. The van der Waals surface area contributed by atoms with E-state index in [1.54, 1.807) is 4.90 Å². The van der Waals surface area contributed by atoms with Crippen LogP contribution in [0.3, 0.4) is 0 Å². The first-order valence-electron chi connectivity index (χ1n) is 7.89. The van der Waals surface area contributed by atoms with Crippen LogP contribution in [0.15, 0.2) is 0 Å². The molecular weight excluding hydrogens is 308 g/mol. The van der Waals surface area contributed by atoms with Crippen molar-refractivity contribution in [1.29, 1.82) is 0 Å². The molecule has 3 aliphatic rings. The molecule has 0 unspecified atom stereocenters. The first kappa shape index (κ1) is 16.2. The number of carbonyl (C=O) groups excluding carboxylic acids is 1. The van der Waals surface area contributed by atoms with Gasteiger partial charge in [0, 0.05) is 26.2 Å². The fourth-order valence-electron chi connectivity index (χ4n) is 3.60. The molecule has 0 radical (unpaired) electrons. The van der Waals surface area contributed by atoms with Crippen LogP contribution in [-0.2, 0) is 19.4 Å². The van der Waals surface area contributed by atoms with Gasteiger partial charge in [-0.1, -0.05) is 0 Å². The van der Waals surface area contributed by atoms with Gasteiger partial charge in [-0.05, 0) is 12.8 Å². The van der Waals surface area contributed by atoms with Gasteiger partial charge in [-0.3, -0.25) is 9.69 Å². The molecule has 1 N–H and O–H groups in total. The molecule has 22 heavy (non-hydrogen) atoms. The molecule has 3 rings (SSSR count). The van der Waals surface area contributed by atoms with E-state index in [2.05, 4.69) is 4.90 Å². The lowest BCUT2D eigenvalue weighted by Crippen LogP contribution is -2.49. The summed E-state index contributed by atoms with van der Waals surface area (Å²) in [5.74, 6) is -0.464. The Hall–Kier alpha value is -0.700. The van der Waals surface area contributed by atoms with Crippen LogP contribution in [0.25, 0.3) is 0 Å². The second kappa shape index (κ2) is 6.07. The summed E-state index contributed by atoms with van der Waals surface area (Å²) in [6.07, 6.45) is 0.967. The van der Waals surface area contributed by atoms with Crippen molar-refractivity contribution in [3.05, 3.63) is 0 Å². The van der Waals surface area contributed by atoms with Gasteiger partial charge >= 0.3 is 0 Å². The molecule has 0 spiro atoms. The highest BCUT2D eigenvalue weighted by molar-refractivity contribution is 7.91. The Kier molecular flexibility index (Phi) is 4.46. The maximum Gasteiger partial charge on any atom is 0.226 e. The summed E-state index contributed by atoms with van der Waals surface area (Å²) in [5, 5.41) is 10.7. The number of β-amino-alcohol motifs (C(OH)–C–C–N with tert-alkyl or cyclic N) is 1. The van der Waals surface area contributed by atoms with Crippen molar-refractivity contribution in [2.24, 2.45) is 5.92 Å². The lowest BCUT2D eigenvalue weighted by atomic mass is 10.0. The molecule has 3 heterocycles. The van der Waals surface area contributed by atoms with E-state index in [1.165, 1.54) is 0 Å². The van der Waals surface area contributed by atoms with Crippen molar-refractivity contribution >= 4 is 15.7 Å². The van der Waals surface area contributed by atoms with Gasteiger partial charge in [0.2, 0.25) is 5.91 Å². The molecule has 1 amide bonds. The first-order valence-corrected chi connectivity index (χ1v) is 9.71. The van der Waals surface area contributed by atoms with Gasteiger partial charge in [-0.15, -0.1) is 0 Å². The predicted molar refractivity (Wildman–Crippen MR) is 80.2 cm³/mol. The van der Waals surface area contributed by atoms with Crippen LogP contribution in [0.4, 0.5) is 0 Å².